The summed E-state index contributed by atoms with van der Waals surface area (Å²) in [5.41, 5.74) is 0.972. The monoisotopic (exact) mass is 263 g/mol. The minimum atomic E-state index is -4.56. The van der Waals surface area contributed by atoms with E-state index in [1.165, 1.54) is 0 Å². The highest BCUT2D eigenvalue weighted by atomic mass is 35.5. The molecule has 0 saturated carbocycles. The molecular formula is C10H9ClF3N3. The normalized spacial score (nSPS) is 12.3. The first kappa shape index (κ1) is 12.2. The van der Waals surface area contributed by atoms with E-state index in [2.05, 4.69) is 10.1 Å². The lowest BCUT2D eigenvalue weighted by atomic mass is 10.1. The van der Waals surface area contributed by atoms with Crippen LogP contribution < -0.4 is 0 Å². The maximum Gasteiger partial charge on any atom is 0.453 e. The molecule has 0 aliphatic heterocycles. The highest BCUT2D eigenvalue weighted by molar-refractivity contribution is 6.29. The predicted octanol–water partition coefficient (Wildman–Crippen LogP) is 3.35. The van der Waals surface area contributed by atoms with Gasteiger partial charge in [0, 0.05) is 0 Å². The Morgan fingerprint density at radius 1 is 1.35 bits per heavy atom. The largest absolute Gasteiger partial charge is 0.453 e. The van der Waals surface area contributed by atoms with E-state index in [1.807, 2.05) is 6.92 Å². The van der Waals surface area contributed by atoms with Gasteiger partial charge in [0.1, 0.15) is 5.15 Å². The Morgan fingerprint density at radius 2 is 2.06 bits per heavy atom. The maximum absolute atomic E-state index is 12.4. The van der Waals surface area contributed by atoms with Crippen molar-refractivity contribution in [1.29, 1.82) is 0 Å². The van der Waals surface area contributed by atoms with Gasteiger partial charge in [0.05, 0.1) is 0 Å². The van der Waals surface area contributed by atoms with Gasteiger partial charge in [0.15, 0.2) is 5.65 Å². The Morgan fingerprint density at radius 3 is 2.65 bits per heavy atom. The summed E-state index contributed by atoms with van der Waals surface area (Å²) in [6.07, 6.45) is -2.93. The van der Waals surface area contributed by atoms with Crippen molar-refractivity contribution in [3.8, 4) is 0 Å². The van der Waals surface area contributed by atoms with Crippen LogP contribution >= 0.6 is 11.6 Å². The molecule has 0 saturated heterocycles. The lowest BCUT2D eigenvalue weighted by molar-refractivity contribution is -0.144. The average Bonchev–Trinajstić information content (AvgIpc) is 2.61. The van der Waals surface area contributed by atoms with Crippen molar-refractivity contribution in [2.75, 3.05) is 0 Å². The fourth-order valence-electron chi connectivity index (χ4n) is 1.55. The fraction of sp³-hybridized carbons (Fsp3) is 0.400. The molecule has 0 bridgehead atoms. The molecule has 0 aliphatic rings. The first-order chi connectivity index (χ1) is 7.91. The molecule has 0 aromatic carbocycles. The summed E-state index contributed by atoms with van der Waals surface area (Å²) in [5.74, 6) is -1.17. The summed E-state index contributed by atoms with van der Waals surface area (Å²) in [5, 5.41) is 3.47. The smallest absolute Gasteiger partial charge is 0.203 e. The van der Waals surface area contributed by atoms with Gasteiger partial charge < -0.3 is 0 Å². The second kappa shape index (κ2) is 4.18. The summed E-state index contributed by atoms with van der Waals surface area (Å²) in [7, 11) is 0. The third kappa shape index (κ3) is 2.36. The van der Waals surface area contributed by atoms with Crippen molar-refractivity contribution < 1.29 is 13.2 Å². The molecule has 92 valence electrons. The van der Waals surface area contributed by atoms with E-state index in [4.69, 9.17) is 11.6 Å². The lowest BCUT2D eigenvalue weighted by Crippen LogP contribution is -2.07. The number of pyridine rings is 1. The highest BCUT2D eigenvalue weighted by Crippen LogP contribution is 2.27. The Kier molecular flexibility index (Phi) is 2.99. The van der Waals surface area contributed by atoms with Crippen LogP contribution in [0.5, 0.6) is 0 Å². The number of aryl methyl sites for hydroxylation is 1. The summed E-state index contributed by atoms with van der Waals surface area (Å²) in [6, 6.07) is 3.17. The molecule has 2 rings (SSSR count). The highest BCUT2D eigenvalue weighted by Gasteiger charge is 2.36. The van der Waals surface area contributed by atoms with Crippen LogP contribution in [0.15, 0.2) is 12.1 Å². The summed E-state index contributed by atoms with van der Waals surface area (Å²) >= 11 is 5.85. The Bertz CT molecular complexity index is 547. The van der Waals surface area contributed by atoms with Gasteiger partial charge in [-0.1, -0.05) is 24.9 Å². The molecule has 3 nitrogen and oxygen atoms in total. The second-order valence-electron chi connectivity index (χ2n) is 3.64. The van der Waals surface area contributed by atoms with Crippen LogP contribution in [0, 0.1) is 0 Å². The molecule has 2 heterocycles. The Balaban J connectivity index is 2.57. The third-order valence-corrected chi connectivity index (χ3v) is 2.51. The Hall–Kier alpha value is -1.30. The quantitative estimate of drug-likeness (QED) is 0.778. The zero-order valence-electron chi connectivity index (χ0n) is 8.92. The van der Waals surface area contributed by atoms with Crippen LogP contribution in [0.3, 0.4) is 0 Å². The van der Waals surface area contributed by atoms with E-state index in [0.717, 1.165) is 22.9 Å². The van der Waals surface area contributed by atoms with Gasteiger partial charge >= 0.3 is 6.18 Å². The fourth-order valence-corrected chi connectivity index (χ4v) is 1.81. The zero-order chi connectivity index (χ0) is 12.6. The molecule has 0 amide bonds. The summed E-state index contributed by atoms with van der Waals surface area (Å²) in [4.78, 5) is 3.43. The number of aromatic nitrogens is 3. The second-order valence-corrected chi connectivity index (χ2v) is 4.03. The summed E-state index contributed by atoms with van der Waals surface area (Å²) < 4.78 is 38.3. The third-order valence-electron chi connectivity index (χ3n) is 2.25. The molecule has 0 fully saturated rings. The molecule has 0 aliphatic carbocycles. The number of fused-ring (bicyclic) bond motifs is 1. The number of hydrogen-bond acceptors (Lipinski definition) is 2. The van der Waals surface area contributed by atoms with E-state index in [1.54, 1.807) is 12.1 Å². The van der Waals surface area contributed by atoms with Gasteiger partial charge in [-0.15, -0.1) is 5.10 Å². The number of hydrogen-bond donors (Lipinski definition) is 0. The molecule has 0 radical (unpaired) electrons. The molecule has 17 heavy (non-hydrogen) atoms. The standard InChI is InChI=1S/C10H9ClF3N3/c1-2-3-6-4-7(11)17-8(5-6)15-9(16-17)10(12,13)14/h4-5H,2-3H2,1H3. The van der Waals surface area contributed by atoms with E-state index < -0.39 is 12.0 Å². The first-order valence-electron chi connectivity index (χ1n) is 5.04. The first-order valence-corrected chi connectivity index (χ1v) is 5.42. The van der Waals surface area contributed by atoms with Crippen LogP contribution in [0.1, 0.15) is 24.7 Å². The van der Waals surface area contributed by atoms with Crippen molar-refractivity contribution in [3.63, 3.8) is 0 Å². The van der Waals surface area contributed by atoms with Crippen LogP contribution in [-0.2, 0) is 12.6 Å². The molecule has 0 spiro atoms. The van der Waals surface area contributed by atoms with Crippen LogP contribution in [0.4, 0.5) is 13.2 Å². The van der Waals surface area contributed by atoms with E-state index in [0.29, 0.717) is 0 Å². The minimum absolute atomic E-state index is 0.119. The maximum atomic E-state index is 12.4. The van der Waals surface area contributed by atoms with Crippen LogP contribution in [0.2, 0.25) is 5.15 Å². The number of rotatable bonds is 2. The van der Waals surface area contributed by atoms with E-state index >= 15 is 0 Å². The van der Waals surface area contributed by atoms with Crippen molar-refractivity contribution in [3.05, 3.63) is 28.7 Å². The Labute approximate surface area is 100 Å². The summed E-state index contributed by atoms with van der Waals surface area (Å²) in [6.45, 7) is 1.98. The van der Waals surface area contributed by atoms with Gasteiger partial charge in [-0.05, 0) is 24.1 Å². The number of alkyl halides is 3. The molecule has 2 aromatic heterocycles. The van der Waals surface area contributed by atoms with Crippen molar-refractivity contribution >= 4 is 17.2 Å². The van der Waals surface area contributed by atoms with Gasteiger partial charge in [0.25, 0.3) is 5.82 Å². The molecule has 0 unspecified atom stereocenters. The van der Waals surface area contributed by atoms with Gasteiger partial charge in [-0.2, -0.15) is 13.2 Å². The molecule has 0 N–H and O–H groups in total. The van der Waals surface area contributed by atoms with Crippen LogP contribution in [-0.4, -0.2) is 14.6 Å². The lowest BCUT2D eigenvalue weighted by Gasteiger charge is -2.00. The average molecular weight is 264 g/mol. The van der Waals surface area contributed by atoms with Crippen molar-refractivity contribution in [1.82, 2.24) is 14.6 Å². The zero-order valence-corrected chi connectivity index (χ0v) is 9.68. The molecule has 0 atom stereocenters. The van der Waals surface area contributed by atoms with Crippen molar-refractivity contribution in [2.24, 2.45) is 0 Å². The van der Waals surface area contributed by atoms with E-state index in [9.17, 15) is 13.2 Å². The molecular weight excluding hydrogens is 255 g/mol. The van der Waals surface area contributed by atoms with E-state index in [-0.39, 0.29) is 10.8 Å². The predicted molar refractivity (Wildman–Crippen MR) is 57.0 cm³/mol. The molecule has 7 heteroatoms. The van der Waals surface area contributed by atoms with Gasteiger partial charge in [-0.25, -0.2) is 9.50 Å². The number of nitrogens with zero attached hydrogens (tertiary/aromatic N) is 3. The van der Waals surface area contributed by atoms with Gasteiger partial charge in [-0.3, -0.25) is 0 Å². The van der Waals surface area contributed by atoms with Crippen molar-refractivity contribution in [2.45, 2.75) is 25.9 Å². The van der Waals surface area contributed by atoms with Crippen LogP contribution in [0.25, 0.3) is 5.65 Å². The number of halogens is 4. The topological polar surface area (TPSA) is 30.2 Å². The minimum Gasteiger partial charge on any atom is -0.203 e. The molecule has 2 aromatic rings. The SMILES string of the molecule is CCCc1cc(Cl)n2nc(C(F)(F)F)nc2c1. The van der Waals surface area contributed by atoms with Gasteiger partial charge in [0.2, 0.25) is 0 Å².